The van der Waals surface area contributed by atoms with Gasteiger partial charge in [0.05, 0.1) is 7.11 Å². The third kappa shape index (κ3) is 3.53. The number of ether oxygens (including phenoxy) is 1. The lowest BCUT2D eigenvalue weighted by Crippen LogP contribution is -2.29. The van der Waals surface area contributed by atoms with E-state index in [0.717, 1.165) is 25.9 Å². The predicted octanol–water partition coefficient (Wildman–Crippen LogP) is 2.58. The molecule has 124 valence electrons. The molecule has 6 heteroatoms. The Labute approximate surface area is 140 Å². The minimum Gasteiger partial charge on any atom is -0.497 e. The molecule has 6 nitrogen and oxygen atoms in total. The summed E-state index contributed by atoms with van der Waals surface area (Å²) in [5.74, 6) is 0.168. The highest BCUT2D eigenvalue weighted by molar-refractivity contribution is 6.04. The molecule has 2 aromatic rings. The van der Waals surface area contributed by atoms with Crippen molar-refractivity contribution in [2.75, 3.05) is 25.5 Å². The Morgan fingerprint density at radius 2 is 1.79 bits per heavy atom. The molecule has 1 aromatic carbocycles. The number of carbonyl (C=O) groups excluding carboxylic acids is 2. The molecule has 1 aromatic heterocycles. The van der Waals surface area contributed by atoms with Crippen LogP contribution < -0.4 is 10.1 Å². The second kappa shape index (κ2) is 7.12. The molecule has 1 saturated heterocycles. The van der Waals surface area contributed by atoms with Crippen LogP contribution in [0.4, 0.5) is 5.69 Å². The number of benzene rings is 1. The van der Waals surface area contributed by atoms with E-state index >= 15 is 0 Å². The highest BCUT2D eigenvalue weighted by Crippen LogP contribution is 2.17. The van der Waals surface area contributed by atoms with Gasteiger partial charge in [-0.1, -0.05) is 12.1 Å². The summed E-state index contributed by atoms with van der Waals surface area (Å²) in [5, 5.41) is 2.76. The van der Waals surface area contributed by atoms with Gasteiger partial charge in [-0.05, 0) is 37.1 Å². The Kier molecular flexibility index (Phi) is 4.74. The van der Waals surface area contributed by atoms with Crippen LogP contribution in [0.2, 0.25) is 0 Å². The van der Waals surface area contributed by atoms with Crippen molar-refractivity contribution in [1.29, 1.82) is 0 Å². The van der Waals surface area contributed by atoms with E-state index in [2.05, 4.69) is 10.3 Å². The zero-order chi connectivity index (χ0) is 16.9. The first-order valence-electron chi connectivity index (χ1n) is 7.89. The first kappa shape index (κ1) is 16.0. The Bertz CT molecular complexity index is 755. The minimum absolute atomic E-state index is 0.122. The lowest BCUT2D eigenvalue weighted by molar-refractivity contribution is 0.0787. The van der Waals surface area contributed by atoms with Crippen LogP contribution in [0.15, 0.2) is 42.5 Å². The predicted molar refractivity (Wildman–Crippen MR) is 90.3 cm³/mol. The lowest BCUT2D eigenvalue weighted by atomic mass is 10.2. The fourth-order valence-corrected chi connectivity index (χ4v) is 2.66. The maximum absolute atomic E-state index is 12.4. The zero-order valence-corrected chi connectivity index (χ0v) is 13.5. The number of methoxy groups -OCH3 is 1. The number of nitrogens with zero attached hydrogens (tertiary/aromatic N) is 2. The van der Waals surface area contributed by atoms with Crippen LogP contribution in [0.5, 0.6) is 5.75 Å². The van der Waals surface area contributed by atoms with Gasteiger partial charge in [0, 0.05) is 24.8 Å². The van der Waals surface area contributed by atoms with Crippen LogP contribution in [0.3, 0.4) is 0 Å². The second-order valence-corrected chi connectivity index (χ2v) is 5.59. The number of likely N-dealkylation sites (tertiary alicyclic amines) is 1. The molecule has 0 saturated carbocycles. The number of rotatable bonds is 4. The minimum atomic E-state index is -0.362. The molecule has 1 fully saturated rings. The van der Waals surface area contributed by atoms with Crippen molar-refractivity contribution in [2.45, 2.75) is 12.8 Å². The van der Waals surface area contributed by atoms with Crippen LogP contribution in [0, 0.1) is 0 Å². The van der Waals surface area contributed by atoms with Crippen molar-refractivity contribution in [3.05, 3.63) is 53.9 Å². The molecule has 0 bridgehead atoms. The van der Waals surface area contributed by atoms with Crippen molar-refractivity contribution in [3.8, 4) is 5.75 Å². The topological polar surface area (TPSA) is 71.5 Å². The van der Waals surface area contributed by atoms with Gasteiger partial charge in [-0.3, -0.25) is 9.59 Å². The van der Waals surface area contributed by atoms with Gasteiger partial charge in [-0.25, -0.2) is 4.98 Å². The number of carbonyl (C=O) groups is 2. The SMILES string of the molecule is COc1cccc(NC(=O)c2cccc(C(=O)N3CCCC3)n2)c1. The van der Waals surface area contributed by atoms with Crippen molar-refractivity contribution in [1.82, 2.24) is 9.88 Å². The van der Waals surface area contributed by atoms with E-state index in [1.54, 1.807) is 54.5 Å². The van der Waals surface area contributed by atoms with E-state index in [1.165, 1.54) is 0 Å². The summed E-state index contributed by atoms with van der Waals surface area (Å²) in [6, 6.07) is 12.0. The number of nitrogens with one attached hydrogen (secondary N) is 1. The molecule has 3 rings (SSSR count). The Balaban J connectivity index is 1.75. The molecule has 2 amide bonds. The van der Waals surface area contributed by atoms with E-state index in [9.17, 15) is 9.59 Å². The molecule has 24 heavy (non-hydrogen) atoms. The third-order valence-corrected chi connectivity index (χ3v) is 3.92. The molecule has 0 spiro atoms. The quantitative estimate of drug-likeness (QED) is 0.938. The first-order chi connectivity index (χ1) is 11.7. The fourth-order valence-electron chi connectivity index (χ4n) is 2.66. The Morgan fingerprint density at radius 3 is 2.54 bits per heavy atom. The molecule has 1 aliphatic heterocycles. The molecule has 1 aliphatic rings. The first-order valence-corrected chi connectivity index (χ1v) is 7.89. The summed E-state index contributed by atoms with van der Waals surface area (Å²) in [6.07, 6.45) is 2.03. The summed E-state index contributed by atoms with van der Waals surface area (Å²) >= 11 is 0. The van der Waals surface area contributed by atoms with Crippen LogP contribution in [-0.4, -0.2) is 41.9 Å². The number of amides is 2. The largest absolute Gasteiger partial charge is 0.497 e. The number of anilines is 1. The smallest absolute Gasteiger partial charge is 0.274 e. The fraction of sp³-hybridized carbons (Fsp3) is 0.278. The number of aromatic nitrogens is 1. The Morgan fingerprint density at radius 1 is 1.08 bits per heavy atom. The molecule has 1 N–H and O–H groups in total. The van der Waals surface area contributed by atoms with E-state index in [-0.39, 0.29) is 17.5 Å². The lowest BCUT2D eigenvalue weighted by Gasteiger charge is -2.14. The third-order valence-electron chi connectivity index (χ3n) is 3.92. The van der Waals surface area contributed by atoms with Crippen molar-refractivity contribution in [2.24, 2.45) is 0 Å². The van der Waals surface area contributed by atoms with Gasteiger partial charge >= 0.3 is 0 Å². The van der Waals surface area contributed by atoms with Gasteiger partial charge in [0.25, 0.3) is 11.8 Å². The normalized spacial score (nSPS) is 13.6. The maximum atomic E-state index is 12.4. The zero-order valence-electron chi connectivity index (χ0n) is 13.5. The van der Waals surface area contributed by atoms with Gasteiger partial charge in [0.1, 0.15) is 17.1 Å². The number of hydrogen-bond acceptors (Lipinski definition) is 4. The maximum Gasteiger partial charge on any atom is 0.274 e. The van der Waals surface area contributed by atoms with Crippen LogP contribution in [0.1, 0.15) is 33.8 Å². The monoisotopic (exact) mass is 325 g/mol. The van der Waals surface area contributed by atoms with E-state index < -0.39 is 0 Å². The van der Waals surface area contributed by atoms with Crippen molar-refractivity contribution in [3.63, 3.8) is 0 Å². The number of hydrogen-bond donors (Lipinski definition) is 1. The number of pyridine rings is 1. The molecule has 0 radical (unpaired) electrons. The summed E-state index contributed by atoms with van der Waals surface area (Å²) in [7, 11) is 1.57. The van der Waals surface area contributed by atoms with Gasteiger partial charge < -0.3 is 15.0 Å². The van der Waals surface area contributed by atoms with Crippen LogP contribution >= 0.6 is 0 Å². The summed E-state index contributed by atoms with van der Waals surface area (Å²) in [5.41, 5.74) is 1.12. The molecule has 0 unspecified atom stereocenters. The standard InChI is InChI=1S/C18H19N3O3/c1-24-14-7-4-6-13(12-14)19-17(22)15-8-5-9-16(20-15)18(23)21-10-2-3-11-21/h4-9,12H,2-3,10-11H2,1H3,(H,19,22). The van der Waals surface area contributed by atoms with Gasteiger partial charge in [-0.15, -0.1) is 0 Å². The van der Waals surface area contributed by atoms with E-state index in [1.807, 2.05) is 0 Å². The van der Waals surface area contributed by atoms with E-state index in [0.29, 0.717) is 17.1 Å². The molecule has 2 heterocycles. The average molecular weight is 325 g/mol. The second-order valence-electron chi connectivity index (χ2n) is 5.59. The van der Waals surface area contributed by atoms with E-state index in [4.69, 9.17) is 4.74 Å². The molecular weight excluding hydrogens is 306 g/mol. The average Bonchev–Trinajstić information content (AvgIpc) is 3.16. The van der Waals surface area contributed by atoms with Crippen molar-refractivity contribution < 1.29 is 14.3 Å². The summed E-state index contributed by atoms with van der Waals surface area (Å²) in [6.45, 7) is 1.50. The van der Waals surface area contributed by atoms with Crippen LogP contribution in [-0.2, 0) is 0 Å². The molecular formula is C18H19N3O3. The van der Waals surface area contributed by atoms with Gasteiger partial charge in [-0.2, -0.15) is 0 Å². The highest BCUT2D eigenvalue weighted by Gasteiger charge is 2.21. The summed E-state index contributed by atoms with van der Waals surface area (Å²) < 4.78 is 5.13. The summed E-state index contributed by atoms with van der Waals surface area (Å²) in [4.78, 5) is 30.7. The van der Waals surface area contributed by atoms with Crippen molar-refractivity contribution >= 4 is 17.5 Å². The van der Waals surface area contributed by atoms with Gasteiger partial charge in [0.15, 0.2) is 0 Å². The van der Waals surface area contributed by atoms with Crippen LogP contribution in [0.25, 0.3) is 0 Å². The molecule has 0 aliphatic carbocycles. The Hall–Kier alpha value is -2.89. The molecule has 0 atom stereocenters. The highest BCUT2D eigenvalue weighted by atomic mass is 16.5. The van der Waals surface area contributed by atoms with Gasteiger partial charge in [0.2, 0.25) is 0 Å².